The van der Waals surface area contributed by atoms with Gasteiger partial charge in [0.25, 0.3) is 5.91 Å². The second-order valence-corrected chi connectivity index (χ2v) is 7.02. The van der Waals surface area contributed by atoms with Crippen LogP contribution in [0.1, 0.15) is 22.3 Å². The first-order valence-electron chi connectivity index (χ1n) is 9.72. The average Bonchev–Trinajstić information content (AvgIpc) is 2.98. The second-order valence-electron chi connectivity index (χ2n) is 7.02. The Morgan fingerprint density at radius 2 is 1.79 bits per heavy atom. The molecule has 2 aromatic carbocycles. The van der Waals surface area contributed by atoms with Crippen molar-refractivity contribution in [2.75, 3.05) is 39.8 Å². The van der Waals surface area contributed by atoms with Crippen molar-refractivity contribution in [3.8, 4) is 5.75 Å². The molecule has 0 aliphatic carbocycles. The lowest BCUT2D eigenvalue weighted by Gasteiger charge is -2.22. The van der Waals surface area contributed by atoms with Gasteiger partial charge < -0.3 is 15.0 Å². The summed E-state index contributed by atoms with van der Waals surface area (Å²) in [5.74, 6) is -0.492. The molecule has 0 atom stereocenters. The number of hydrogen-bond acceptors (Lipinski definition) is 4. The van der Waals surface area contributed by atoms with Gasteiger partial charge in [-0.3, -0.25) is 14.5 Å². The standard InChI is InChI=1S/C22H26FN3O3/c1-29-18-9-7-17(8-10-18)16-25-11-4-12-26(14-13-25)21(27)15-24-22(28)19-5-2-3-6-20(19)23/h2-3,5-10H,4,11-16H2,1H3,(H,24,28). The highest BCUT2D eigenvalue weighted by atomic mass is 19.1. The van der Waals surface area contributed by atoms with Crippen molar-refractivity contribution in [3.63, 3.8) is 0 Å². The van der Waals surface area contributed by atoms with Gasteiger partial charge in [0.15, 0.2) is 0 Å². The van der Waals surface area contributed by atoms with Crippen LogP contribution in [-0.2, 0) is 11.3 Å². The molecular formula is C22H26FN3O3. The van der Waals surface area contributed by atoms with E-state index < -0.39 is 11.7 Å². The molecule has 0 radical (unpaired) electrons. The van der Waals surface area contributed by atoms with Crippen LogP contribution in [0.25, 0.3) is 0 Å². The van der Waals surface area contributed by atoms with Crippen LogP contribution < -0.4 is 10.1 Å². The van der Waals surface area contributed by atoms with E-state index in [1.54, 1.807) is 18.1 Å². The van der Waals surface area contributed by atoms with E-state index in [9.17, 15) is 14.0 Å². The number of carbonyl (C=O) groups excluding carboxylic acids is 2. The molecule has 2 aromatic rings. The van der Waals surface area contributed by atoms with E-state index in [-0.39, 0.29) is 18.0 Å². The largest absolute Gasteiger partial charge is 0.497 e. The van der Waals surface area contributed by atoms with Gasteiger partial charge >= 0.3 is 0 Å². The zero-order chi connectivity index (χ0) is 20.6. The Morgan fingerprint density at radius 1 is 1.03 bits per heavy atom. The van der Waals surface area contributed by atoms with Crippen LogP contribution in [0.3, 0.4) is 0 Å². The number of rotatable bonds is 6. The van der Waals surface area contributed by atoms with Crippen molar-refractivity contribution in [2.45, 2.75) is 13.0 Å². The minimum absolute atomic E-state index is 0.0539. The van der Waals surface area contributed by atoms with Crippen LogP contribution in [0.5, 0.6) is 5.75 Å². The first-order valence-corrected chi connectivity index (χ1v) is 9.72. The molecule has 0 saturated carbocycles. The number of ether oxygens (including phenoxy) is 1. The highest BCUT2D eigenvalue weighted by Gasteiger charge is 2.20. The molecule has 7 heteroatoms. The van der Waals surface area contributed by atoms with Crippen molar-refractivity contribution in [1.82, 2.24) is 15.1 Å². The summed E-state index contributed by atoms with van der Waals surface area (Å²) in [5, 5.41) is 2.52. The molecule has 2 amide bonds. The molecule has 3 rings (SSSR count). The van der Waals surface area contributed by atoms with Crippen LogP contribution in [0, 0.1) is 5.82 Å². The van der Waals surface area contributed by atoms with Gasteiger partial charge in [0.05, 0.1) is 19.2 Å². The Bertz CT molecular complexity index is 841. The molecule has 1 heterocycles. The van der Waals surface area contributed by atoms with Crippen molar-refractivity contribution < 1.29 is 18.7 Å². The van der Waals surface area contributed by atoms with Gasteiger partial charge in [-0.05, 0) is 36.2 Å². The normalized spacial score (nSPS) is 14.9. The van der Waals surface area contributed by atoms with Gasteiger partial charge in [-0.25, -0.2) is 4.39 Å². The van der Waals surface area contributed by atoms with Crippen LogP contribution in [0.2, 0.25) is 0 Å². The third kappa shape index (κ3) is 5.77. The monoisotopic (exact) mass is 399 g/mol. The maximum Gasteiger partial charge on any atom is 0.254 e. The lowest BCUT2D eigenvalue weighted by molar-refractivity contribution is -0.130. The number of methoxy groups -OCH3 is 1. The number of carbonyl (C=O) groups is 2. The molecule has 29 heavy (non-hydrogen) atoms. The molecule has 1 aliphatic heterocycles. The van der Waals surface area contributed by atoms with Gasteiger partial charge in [-0.15, -0.1) is 0 Å². The van der Waals surface area contributed by atoms with Gasteiger partial charge in [-0.2, -0.15) is 0 Å². The van der Waals surface area contributed by atoms with E-state index in [1.165, 1.54) is 23.8 Å². The summed E-state index contributed by atoms with van der Waals surface area (Å²) in [5.41, 5.74) is 1.14. The number of amides is 2. The van der Waals surface area contributed by atoms with Crippen molar-refractivity contribution in [2.24, 2.45) is 0 Å². The van der Waals surface area contributed by atoms with Gasteiger partial charge in [0.2, 0.25) is 5.91 Å². The molecule has 1 N–H and O–H groups in total. The third-order valence-electron chi connectivity index (χ3n) is 5.03. The third-order valence-corrected chi connectivity index (χ3v) is 5.03. The number of hydrogen-bond donors (Lipinski definition) is 1. The highest BCUT2D eigenvalue weighted by molar-refractivity contribution is 5.96. The summed E-state index contributed by atoms with van der Waals surface area (Å²) in [4.78, 5) is 28.6. The fourth-order valence-corrected chi connectivity index (χ4v) is 3.38. The lowest BCUT2D eigenvalue weighted by atomic mass is 10.2. The molecule has 0 unspecified atom stereocenters. The zero-order valence-corrected chi connectivity index (χ0v) is 16.6. The van der Waals surface area contributed by atoms with E-state index in [0.29, 0.717) is 13.1 Å². The molecule has 0 bridgehead atoms. The van der Waals surface area contributed by atoms with E-state index >= 15 is 0 Å². The fourth-order valence-electron chi connectivity index (χ4n) is 3.38. The molecule has 6 nitrogen and oxygen atoms in total. The van der Waals surface area contributed by atoms with E-state index in [4.69, 9.17) is 4.74 Å². The molecule has 0 spiro atoms. The Morgan fingerprint density at radius 3 is 2.52 bits per heavy atom. The topological polar surface area (TPSA) is 61.9 Å². The van der Waals surface area contributed by atoms with Gasteiger partial charge in [0.1, 0.15) is 11.6 Å². The van der Waals surface area contributed by atoms with E-state index in [1.807, 2.05) is 24.3 Å². The summed E-state index contributed by atoms with van der Waals surface area (Å²) in [6.45, 7) is 3.59. The second kappa shape index (κ2) is 10.0. The van der Waals surface area contributed by atoms with Crippen molar-refractivity contribution in [1.29, 1.82) is 0 Å². The quantitative estimate of drug-likeness (QED) is 0.810. The minimum atomic E-state index is -0.596. The Labute approximate surface area is 170 Å². The van der Waals surface area contributed by atoms with E-state index in [2.05, 4.69) is 10.2 Å². The molecule has 154 valence electrons. The van der Waals surface area contributed by atoms with Crippen LogP contribution in [0.4, 0.5) is 4.39 Å². The molecular weight excluding hydrogens is 373 g/mol. The molecule has 1 saturated heterocycles. The van der Waals surface area contributed by atoms with Crippen LogP contribution in [-0.4, -0.2) is 61.4 Å². The summed E-state index contributed by atoms with van der Waals surface area (Å²) in [6.07, 6.45) is 0.864. The summed E-state index contributed by atoms with van der Waals surface area (Å²) >= 11 is 0. The average molecular weight is 399 g/mol. The molecule has 0 aromatic heterocycles. The van der Waals surface area contributed by atoms with Crippen molar-refractivity contribution in [3.05, 3.63) is 65.5 Å². The van der Waals surface area contributed by atoms with Crippen molar-refractivity contribution >= 4 is 11.8 Å². The maximum absolute atomic E-state index is 13.7. The number of halogens is 1. The molecule has 1 fully saturated rings. The number of nitrogens with one attached hydrogen (secondary N) is 1. The predicted octanol–water partition coefficient (Wildman–Crippen LogP) is 2.30. The molecule has 1 aliphatic rings. The Kier molecular flexibility index (Phi) is 7.19. The lowest BCUT2D eigenvalue weighted by Crippen LogP contribution is -2.42. The SMILES string of the molecule is COc1ccc(CN2CCCN(C(=O)CNC(=O)c3ccccc3F)CC2)cc1. The fraction of sp³-hybridized carbons (Fsp3) is 0.364. The minimum Gasteiger partial charge on any atom is -0.497 e. The predicted molar refractivity (Wildman–Crippen MR) is 108 cm³/mol. The van der Waals surface area contributed by atoms with Gasteiger partial charge in [-0.1, -0.05) is 24.3 Å². The Balaban J connectivity index is 1.47. The zero-order valence-electron chi connectivity index (χ0n) is 16.6. The Hall–Kier alpha value is -2.93. The number of benzene rings is 2. The number of nitrogens with zero attached hydrogens (tertiary/aromatic N) is 2. The summed E-state index contributed by atoms with van der Waals surface area (Å²) < 4.78 is 18.9. The summed E-state index contributed by atoms with van der Waals surface area (Å²) in [6, 6.07) is 13.7. The highest BCUT2D eigenvalue weighted by Crippen LogP contribution is 2.14. The van der Waals surface area contributed by atoms with Gasteiger partial charge in [0, 0.05) is 32.7 Å². The smallest absolute Gasteiger partial charge is 0.254 e. The van der Waals surface area contributed by atoms with Crippen LogP contribution >= 0.6 is 0 Å². The van der Waals surface area contributed by atoms with E-state index in [0.717, 1.165) is 31.8 Å². The summed E-state index contributed by atoms with van der Waals surface area (Å²) in [7, 11) is 1.65. The van der Waals surface area contributed by atoms with Crippen LogP contribution in [0.15, 0.2) is 48.5 Å². The first-order chi connectivity index (χ1) is 14.1. The first kappa shape index (κ1) is 20.8. The maximum atomic E-state index is 13.7.